The lowest BCUT2D eigenvalue weighted by atomic mass is 9.75. The average Bonchev–Trinajstić information content (AvgIpc) is 3.15. The highest BCUT2D eigenvalue weighted by Crippen LogP contribution is 2.45. The predicted octanol–water partition coefficient (Wildman–Crippen LogP) is 3.10. The summed E-state index contributed by atoms with van der Waals surface area (Å²) in [5.41, 5.74) is 4.51. The highest BCUT2D eigenvalue weighted by atomic mass is 16.7. The van der Waals surface area contributed by atoms with E-state index in [9.17, 15) is 15.0 Å². The van der Waals surface area contributed by atoms with Crippen molar-refractivity contribution in [3.8, 4) is 0 Å². The summed E-state index contributed by atoms with van der Waals surface area (Å²) in [6.45, 7) is 18.0. The van der Waals surface area contributed by atoms with Crippen LogP contribution in [0.2, 0.25) is 0 Å². The number of hydrogen-bond donors (Lipinski definition) is 3. The van der Waals surface area contributed by atoms with Gasteiger partial charge in [0.25, 0.3) is 0 Å². The molecule has 0 saturated carbocycles. The minimum atomic E-state index is -1.39. The van der Waals surface area contributed by atoms with Crippen molar-refractivity contribution in [1.29, 1.82) is 0 Å². The highest BCUT2D eigenvalue weighted by Gasteiger charge is 2.57. The van der Waals surface area contributed by atoms with Crippen LogP contribution in [0.15, 0.2) is 0 Å². The van der Waals surface area contributed by atoms with Crippen molar-refractivity contribution in [3.05, 3.63) is 0 Å². The zero-order chi connectivity index (χ0) is 31.7. The van der Waals surface area contributed by atoms with Gasteiger partial charge in [0.2, 0.25) is 0 Å². The van der Waals surface area contributed by atoms with Gasteiger partial charge in [0.05, 0.1) is 35.9 Å². The first kappa shape index (κ1) is 35.6. The zero-order valence-electron chi connectivity index (χ0n) is 27.9. The van der Waals surface area contributed by atoms with Crippen molar-refractivity contribution in [2.75, 3.05) is 20.7 Å². The second-order valence-electron chi connectivity index (χ2n) is 14.1. The number of aliphatic hydroxyl groups is 2. The maximum absolute atomic E-state index is 13.8. The summed E-state index contributed by atoms with van der Waals surface area (Å²) in [5.74, 6) is -1.66. The van der Waals surface area contributed by atoms with Crippen molar-refractivity contribution in [3.63, 3.8) is 0 Å². The summed E-state index contributed by atoms with van der Waals surface area (Å²) in [4.78, 5) is 15.7. The number of fused-ring (bicyclic) bond motifs is 2. The molecule has 2 bridgehead atoms. The summed E-state index contributed by atoms with van der Waals surface area (Å²) in [5, 5.41) is 23.6. The average molecular weight is 601 g/mol. The lowest BCUT2D eigenvalue weighted by Crippen LogP contribution is -2.59. The van der Waals surface area contributed by atoms with Gasteiger partial charge in [0.1, 0.15) is 17.8 Å². The fraction of sp³-hybridized carbons (Fsp3) is 0.969. The molecule has 3 rings (SSSR count). The molecule has 0 aromatic heterocycles. The molecule has 0 amide bonds. The summed E-state index contributed by atoms with van der Waals surface area (Å²) in [7, 11) is 3.85. The molecule has 3 heterocycles. The maximum atomic E-state index is 13.8. The predicted molar refractivity (Wildman–Crippen MR) is 161 cm³/mol. The molecule has 3 saturated heterocycles. The molecule has 3 fully saturated rings. The molecule has 0 radical (unpaired) electrons. The van der Waals surface area contributed by atoms with E-state index in [-0.39, 0.29) is 36.1 Å². The van der Waals surface area contributed by atoms with Gasteiger partial charge in [-0.15, -0.1) is 0 Å². The molecule has 3 aliphatic rings. The normalized spacial score (nSPS) is 49.2. The molecule has 15 atom stereocenters. The van der Waals surface area contributed by atoms with Crippen LogP contribution in [-0.4, -0.2) is 108 Å². The van der Waals surface area contributed by atoms with Crippen LogP contribution in [0.3, 0.4) is 0 Å². The fourth-order valence-electron chi connectivity index (χ4n) is 7.82. The summed E-state index contributed by atoms with van der Waals surface area (Å²) in [6, 6.07) is -0.536. The third kappa shape index (κ3) is 7.17. The Balaban J connectivity index is 2.09. The Hall–Kier alpha value is -0.850. The van der Waals surface area contributed by atoms with Crippen LogP contribution in [0.4, 0.5) is 0 Å². The molecule has 246 valence electrons. The van der Waals surface area contributed by atoms with E-state index < -0.39 is 59.7 Å². The van der Waals surface area contributed by atoms with Gasteiger partial charge in [-0.25, -0.2) is 0 Å². The second-order valence-corrected chi connectivity index (χ2v) is 14.1. The molecular weight excluding hydrogens is 540 g/mol. The molecule has 2 unspecified atom stereocenters. The van der Waals surface area contributed by atoms with E-state index in [1.807, 2.05) is 53.6 Å². The summed E-state index contributed by atoms with van der Waals surface area (Å²) in [6.07, 6.45) is -2.01. The number of cyclic esters (lactones) is 1. The zero-order valence-corrected chi connectivity index (χ0v) is 27.9. The minimum absolute atomic E-state index is 0.0310. The third-order valence-corrected chi connectivity index (χ3v) is 10.2. The van der Waals surface area contributed by atoms with Gasteiger partial charge in [-0.1, -0.05) is 34.6 Å². The number of rotatable bonds is 7. The first-order valence-corrected chi connectivity index (χ1v) is 16.1. The number of aliphatic hydroxyl groups excluding tert-OH is 1. The molecule has 0 aromatic carbocycles. The van der Waals surface area contributed by atoms with Gasteiger partial charge < -0.3 is 44.5 Å². The Labute approximate surface area is 253 Å². The molecule has 0 aromatic rings. The van der Waals surface area contributed by atoms with E-state index in [2.05, 4.69) is 13.8 Å². The Bertz CT molecular complexity index is 889. The lowest BCUT2D eigenvalue weighted by molar-refractivity contribution is -0.300. The molecule has 10 heteroatoms. The van der Waals surface area contributed by atoms with Crippen molar-refractivity contribution >= 4 is 5.97 Å². The number of nitrogens with zero attached hydrogens (tertiary/aromatic N) is 1. The van der Waals surface area contributed by atoms with E-state index >= 15 is 0 Å². The number of carbonyl (C=O) groups is 1. The van der Waals surface area contributed by atoms with Crippen molar-refractivity contribution in [2.45, 2.75) is 154 Å². The fourth-order valence-corrected chi connectivity index (χ4v) is 7.82. The van der Waals surface area contributed by atoms with Crippen LogP contribution in [0, 0.1) is 23.7 Å². The Morgan fingerprint density at radius 1 is 1.10 bits per heavy atom. The van der Waals surface area contributed by atoms with Gasteiger partial charge in [0.15, 0.2) is 6.29 Å². The van der Waals surface area contributed by atoms with Gasteiger partial charge in [-0.3, -0.25) is 4.79 Å². The number of nitrogens with two attached hydrogens (primary N) is 1. The monoisotopic (exact) mass is 600 g/mol. The second kappa shape index (κ2) is 14.1. The van der Waals surface area contributed by atoms with Crippen LogP contribution >= 0.6 is 0 Å². The summed E-state index contributed by atoms with van der Waals surface area (Å²) >= 11 is 0. The van der Waals surface area contributed by atoms with E-state index in [1.54, 1.807) is 13.8 Å². The highest BCUT2D eigenvalue weighted by molar-refractivity contribution is 5.73. The first-order chi connectivity index (χ1) is 19.5. The maximum Gasteiger partial charge on any atom is 0.311 e. The molecule has 0 spiro atoms. The van der Waals surface area contributed by atoms with Crippen LogP contribution < -0.4 is 5.73 Å². The molecule has 4 N–H and O–H groups in total. The number of esters is 1. The molecule has 0 aliphatic carbocycles. The van der Waals surface area contributed by atoms with Crippen LogP contribution in [0.1, 0.15) is 88.0 Å². The molecule has 3 aliphatic heterocycles. The van der Waals surface area contributed by atoms with E-state index in [0.717, 1.165) is 6.42 Å². The first-order valence-electron chi connectivity index (χ1n) is 16.1. The van der Waals surface area contributed by atoms with Crippen molar-refractivity contribution < 1.29 is 38.7 Å². The standard InChI is InChI=1S/C32H60N2O8/c1-12-14-38-26-20(6)28(41-30-24(35)22(34(10)11)15-18(4)39-30)31(8,37)16-17(3)25-19(5)27(33)32(9,42-25)23(13-2)40-29(36)21(26)7/h17-28,30,35,37H,12-16,33H2,1-11H3/t17-,18-,19-,20+,21-,22+,23+,24-,25-,26+,27+,28-,30?,31-,32?/m1/s1. The number of carbonyl (C=O) groups excluding carboxylic acids is 1. The third-order valence-electron chi connectivity index (χ3n) is 10.2. The summed E-state index contributed by atoms with van der Waals surface area (Å²) < 4.78 is 32.0. The Morgan fingerprint density at radius 3 is 2.31 bits per heavy atom. The van der Waals surface area contributed by atoms with Crippen LogP contribution in [0.5, 0.6) is 0 Å². The van der Waals surface area contributed by atoms with Gasteiger partial charge in [-0.05, 0) is 73.4 Å². The molecule has 42 heavy (non-hydrogen) atoms. The van der Waals surface area contributed by atoms with Gasteiger partial charge in [0, 0.05) is 30.5 Å². The van der Waals surface area contributed by atoms with E-state index in [4.69, 9.17) is 29.4 Å². The van der Waals surface area contributed by atoms with Crippen molar-refractivity contribution in [1.82, 2.24) is 4.90 Å². The smallest absolute Gasteiger partial charge is 0.311 e. The SMILES string of the molecule is CCCO[C@H]1[C@H](C)[C@@H](OC2O[C@H](C)C[C@H](N(C)C)[C@H]2O)[C@](C)(O)C[C@@H](C)[C@H]2OC(C)([C@H](CC)OC(=O)[C@@H]1C)[C@@H](N)[C@@H]2C. The van der Waals surface area contributed by atoms with Gasteiger partial charge in [-0.2, -0.15) is 0 Å². The van der Waals surface area contributed by atoms with Crippen LogP contribution in [-0.2, 0) is 28.5 Å². The number of likely N-dealkylation sites (N-methyl/N-ethyl adjacent to an activating group) is 1. The molecule has 10 nitrogen and oxygen atoms in total. The number of ether oxygens (including phenoxy) is 5. The van der Waals surface area contributed by atoms with E-state index in [1.165, 1.54) is 0 Å². The topological polar surface area (TPSA) is 133 Å². The Kier molecular flexibility index (Phi) is 11.9. The van der Waals surface area contributed by atoms with Crippen LogP contribution in [0.25, 0.3) is 0 Å². The van der Waals surface area contributed by atoms with Crippen molar-refractivity contribution in [2.24, 2.45) is 29.4 Å². The number of hydrogen-bond acceptors (Lipinski definition) is 10. The largest absolute Gasteiger partial charge is 0.459 e. The minimum Gasteiger partial charge on any atom is -0.459 e. The quantitative estimate of drug-likeness (QED) is 0.375. The van der Waals surface area contributed by atoms with Gasteiger partial charge >= 0.3 is 5.97 Å². The van der Waals surface area contributed by atoms with E-state index in [0.29, 0.717) is 25.9 Å². The lowest BCUT2D eigenvalue weighted by Gasteiger charge is -2.47. The molecular formula is C32H60N2O8. The Morgan fingerprint density at radius 2 is 1.74 bits per heavy atom.